The van der Waals surface area contributed by atoms with Gasteiger partial charge in [-0.25, -0.2) is 0 Å². The Hall–Kier alpha value is -2.29. The van der Waals surface area contributed by atoms with Crippen molar-refractivity contribution in [3.05, 3.63) is 60.2 Å². The van der Waals surface area contributed by atoms with E-state index < -0.39 is 5.41 Å². The van der Waals surface area contributed by atoms with E-state index in [9.17, 15) is 4.79 Å². The van der Waals surface area contributed by atoms with Gasteiger partial charge >= 0.3 is 0 Å². The quantitative estimate of drug-likeness (QED) is 0.734. The van der Waals surface area contributed by atoms with Crippen molar-refractivity contribution in [3.63, 3.8) is 0 Å². The maximum Gasteiger partial charge on any atom is 0.235 e. The lowest BCUT2D eigenvalue weighted by Crippen LogP contribution is -2.46. The fourth-order valence-electron chi connectivity index (χ4n) is 3.20. The predicted octanol–water partition coefficient (Wildman–Crippen LogP) is 4.93. The van der Waals surface area contributed by atoms with Crippen LogP contribution in [0.15, 0.2) is 54.6 Å². The van der Waals surface area contributed by atoms with Crippen molar-refractivity contribution in [2.45, 2.75) is 44.4 Å². The second-order valence-corrected chi connectivity index (χ2v) is 6.45. The fraction of sp³-hybridized carbons (Fsp3) is 0.381. The van der Waals surface area contributed by atoms with Crippen molar-refractivity contribution in [1.82, 2.24) is 0 Å². The van der Waals surface area contributed by atoms with Gasteiger partial charge in [0, 0.05) is 0 Å². The third-order valence-corrected chi connectivity index (χ3v) is 4.86. The highest BCUT2D eigenvalue weighted by Crippen LogP contribution is 2.45. The minimum Gasteiger partial charge on any atom is -0.491 e. The third kappa shape index (κ3) is 3.30. The fourth-order valence-corrected chi connectivity index (χ4v) is 3.20. The van der Waals surface area contributed by atoms with E-state index in [0.717, 1.165) is 49.1 Å². The molecule has 2 aromatic carbocycles. The molecule has 0 bridgehead atoms. The number of carbonyl (C=O) groups excluding carboxylic acids is 1. The SMILES string of the molecule is CCCCOc1ccccc1NC(=O)C1(c2ccccc2)CCC1. The van der Waals surface area contributed by atoms with Gasteiger partial charge in [0.2, 0.25) is 5.91 Å². The lowest BCUT2D eigenvalue weighted by atomic mass is 9.64. The zero-order valence-corrected chi connectivity index (χ0v) is 14.3. The van der Waals surface area contributed by atoms with Crippen molar-refractivity contribution < 1.29 is 9.53 Å². The van der Waals surface area contributed by atoms with Crippen LogP contribution in [0.2, 0.25) is 0 Å². The minimum atomic E-state index is -0.391. The molecule has 0 aromatic heterocycles. The monoisotopic (exact) mass is 323 g/mol. The number of ether oxygens (including phenoxy) is 1. The summed E-state index contributed by atoms with van der Waals surface area (Å²) in [4.78, 5) is 13.0. The van der Waals surface area contributed by atoms with Crippen molar-refractivity contribution in [3.8, 4) is 5.75 Å². The van der Waals surface area contributed by atoms with Gasteiger partial charge < -0.3 is 10.1 Å². The van der Waals surface area contributed by atoms with Crippen LogP contribution in [0, 0.1) is 0 Å². The van der Waals surface area contributed by atoms with Crippen LogP contribution in [0.1, 0.15) is 44.6 Å². The molecular formula is C21H25NO2. The molecule has 3 rings (SSSR count). The number of carbonyl (C=O) groups is 1. The predicted molar refractivity (Wildman–Crippen MR) is 97.4 cm³/mol. The van der Waals surface area contributed by atoms with Crippen LogP contribution in [0.25, 0.3) is 0 Å². The van der Waals surface area contributed by atoms with E-state index in [1.165, 1.54) is 0 Å². The van der Waals surface area contributed by atoms with Gasteiger partial charge in [0.05, 0.1) is 17.7 Å². The third-order valence-electron chi connectivity index (χ3n) is 4.86. The summed E-state index contributed by atoms with van der Waals surface area (Å²) >= 11 is 0. The van der Waals surface area contributed by atoms with Gasteiger partial charge in [-0.1, -0.05) is 62.2 Å². The molecule has 0 unspecified atom stereocenters. The smallest absolute Gasteiger partial charge is 0.235 e. The number of rotatable bonds is 7. The highest BCUT2D eigenvalue weighted by atomic mass is 16.5. The number of hydrogen-bond acceptors (Lipinski definition) is 2. The molecule has 1 fully saturated rings. The molecule has 1 amide bonds. The minimum absolute atomic E-state index is 0.0755. The lowest BCUT2D eigenvalue weighted by molar-refractivity contribution is -0.124. The lowest BCUT2D eigenvalue weighted by Gasteiger charge is -2.40. The largest absolute Gasteiger partial charge is 0.491 e. The summed E-state index contributed by atoms with van der Waals surface area (Å²) in [5.74, 6) is 0.827. The summed E-state index contributed by atoms with van der Waals surface area (Å²) in [7, 11) is 0. The molecule has 0 atom stereocenters. The van der Waals surface area contributed by atoms with Crippen molar-refractivity contribution >= 4 is 11.6 Å². The Morgan fingerprint density at radius 3 is 2.46 bits per heavy atom. The van der Waals surface area contributed by atoms with E-state index in [4.69, 9.17) is 4.74 Å². The summed E-state index contributed by atoms with van der Waals surface area (Å²) in [6.07, 6.45) is 5.00. The Bertz CT molecular complexity index is 677. The van der Waals surface area contributed by atoms with Gasteiger partial charge in [-0.15, -0.1) is 0 Å². The molecule has 126 valence electrons. The summed E-state index contributed by atoms with van der Waals surface area (Å²) < 4.78 is 5.83. The molecule has 3 nitrogen and oxygen atoms in total. The summed E-state index contributed by atoms with van der Waals surface area (Å²) in [6, 6.07) is 17.8. The number of nitrogens with one attached hydrogen (secondary N) is 1. The molecule has 0 spiro atoms. The maximum atomic E-state index is 13.0. The Balaban J connectivity index is 1.77. The van der Waals surface area contributed by atoms with Gasteiger partial charge in [0.25, 0.3) is 0 Å². The Labute approximate surface area is 144 Å². The Kier molecular flexibility index (Phi) is 5.19. The van der Waals surface area contributed by atoms with Crippen LogP contribution in [0.4, 0.5) is 5.69 Å². The topological polar surface area (TPSA) is 38.3 Å². The second kappa shape index (κ2) is 7.52. The zero-order valence-electron chi connectivity index (χ0n) is 14.3. The summed E-state index contributed by atoms with van der Waals surface area (Å²) in [6.45, 7) is 2.81. The molecule has 1 N–H and O–H groups in total. The van der Waals surface area contributed by atoms with Crippen LogP contribution in [0.3, 0.4) is 0 Å². The highest BCUT2D eigenvalue weighted by Gasteiger charge is 2.45. The number of unbranched alkanes of at least 4 members (excludes halogenated alkanes) is 1. The van der Waals surface area contributed by atoms with Gasteiger partial charge in [0.1, 0.15) is 5.75 Å². The first-order valence-corrected chi connectivity index (χ1v) is 8.85. The van der Waals surface area contributed by atoms with Crippen LogP contribution >= 0.6 is 0 Å². The average molecular weight is 323 g/mol. The molecule has 2 aromatic rings. The zero-order chi connectivity index (χ0) is 16.8. The molecule has 0 aliphatic heterocycles. The Morgan fingerprint density at radius 2 is 1.79 bits per heavy atom. The molecule has 3 heteroatoms. The molecule has 0 saturated heterocycles. The van der Waals surface area contributed by atoms with Crippen molar-refractivity contribution in [2.75, 3.05) is 11.9 Å². The van der Waals surface area contributed by atoms with Crippen molar-refractivity contribution in [1.29, 1.82) is 0 Å². The number of benzene rings is 2. The van der Waals surface area contributed by atoms with E-state index in [-0.39, 0.29) is 5.91 Å². The second-order valence-electron chi connectivity index (χ2n) is 6.45. The van der Waals surface area contributed by atoms with E-state index in [0.29, 0.717) is 6.61 Å². The van der Waals surface area contributed by atoms with E-state index in [1.54, 1.807) is 0 Å². The van der Waals surface area contributed by atoms with Crippen molar-refractivity contribution in [2.24, 2.45) is 0 Å². The highest BCUT2D eigenvalue weighted by molar-refractivity contribution is 6.00. The number of amides is 1. The number of anilines is 1. The van der Waals surface area contributed by atoms with E-state index in [2.05, 4.69) is 24.4 Å². The first-order valence-electron chi connectivity index (χ1n) is 8.85. The standard InChI is InChI=1S/C21H25NO2/c1-2-3-16-24-19-13-8-7-12-18(19)22-20(23)21(14-9-15-21)17-10-5-4-6-11-17/h4-8,10-13H,2-3,9,14-16H2,1H3,(H,22,23). The van der Waals surface area contributed by atoms with Gasteiger partial charge in [-0.05, 0) is 37.0 Å². The molecule has 0 heterocycles. The van der Waals surface area contributed by atoms with Gasteiger partial charge in [-0.2, -0.15) is 0 Å². The first-order chi connectivity index (χ1) is 11.8. The average Bonchev–Trinajstić information content (AvgIpc) is 2.57. The first kappa shape index (κ1) is 16.6. The normalized spacial score (nSPS) is 15.4. The van der Waals surface area contributed by atoms with Crippen LogP contribution in [0.5, 0.6) is 5.75 Å². The molecular weight excluding hydrogens is 298 g/mol. The van der Waals surface area contributed by atoms with Crippen LogP contribution in [-0.4, -0.2) is 12.5 Å². The van der Waals surface area contributed by atoms with E-state index in [1.807, 2.05) is 42.5 Å². The van der Waals surface area contributed by atoms with E-state index >= 15 is 0 Å². The van der Waals surface area contributed by atoms with Crippen LogP contribution < -0.4 is 10.1 Å². The number of hydrogen-bond donors (Lipinski definition) is 1. The molecule has 1 saturated carbocycles. The molecule has 1 aliphatic carbocycles. The van der Waals surface area contributed by atoms with Gasteiger partial charge in [-0.3, -0.25) is 4.79 Å². The Morgan fingerprint density at radius 1 is 1.08 bits per heavy atom. The maximum absolute atomic E-state index is 13.0. The summed E-state index contributed by atoms with van der Waals surface area (Å²) in [5, 5.41) is 3.11. The molecule has 1 aliphatic rings. The summed E-state index contributed by atoms with van der Waals surface area (Å²) in [5.41, 5.74) is 1.48. The molecule has 24 heavy (non-hydrogen) atoms. The van der Waals surface area contributed by atoms with Crippen LogP contribution in [-0.2, 0) is 10.2 Å². The molecule has 0 radical (unpaired) electrons. The van der Waals surface area contributed by atoms with Gasteiger partial charge in [0.15, 0.2) is 0 Å². The number of para-hydroxylation sites is 2.